The zero-order valence-corrected chi connectivity index (χ0v) is 19.4. The van der Waals surface area contributed by atoms with Crippen LogP contribution in [0.25, 0.3) is 6.08 Å². The Morgan fingerprint density at radius 1 is 0.788 bits per heavy atom. The van der Waals surface area contributed by atoms with Gasteiger partial charge in [-0.05, 0) is 48.2 Å². The molecular weight excluding hydrogens is 408 g/mol. The number of hydrogen-bond acceptors (Lipinski definition) is 4. The minimum atomic E-state index is -0.00308. The quantitative estimate of drug-likeness (QED) is 0.132. The van der Waals surface area contributed by atoms with Crippen molar-refractivity contribution < 1.29 is 9.53 Å². The summed E-state index contributed by atoms with van der Waals surface area (Å²) in [5.41, 5.74) is 15.6. The van der Waals surface area contributed by atoms with E-state index in [4.69, 9.17) is 16.2 Å². The monoisotopic (exact) mass is 442 g/mol. The van der Waals surface area contributed by atoms with Gasteiger partial charge in [0.1, 0.15) is 11.5 Å². The molecule has 172 valence electrons. The number of unbranched alkanes of at least 4 members (excludes halogenated alkanes) is 5. The fraction of sp³-hybridized carbons (Fsp3) is 0.276. The summed E-state index contributed by atoms with van der Waals surface area (Å²) >= 11 is 0. The number of aryl methyl sites for hydroxylation is 1. The van der Waals surface area contributed by atoms with Crippen LogP contribution in [0.1, 0.15) is 66.9 Å². The number of rotatable bonds is 12. The van der Waals surface area contributed by atoms with Gasteiger partial charge in [0.15, 0.2) is 5.78 Å². The first-order valence-electron chi connectivity index (χ1n) is 11.8. The molecule has 0 saturated carbocycles. The highest BCUT2D eigenvalue weighted by atomic mass is 16.5. The highest BCUT2D eigenvalue weighted by molar-refractivity contribution is 6.06. The number of nitrogens with two attached hydrogens (primary N) is 2. The maximum atomic E-state index is 12.5. The van der Waals surface area contributed by atoms with Gasteiger partial charge in [-0.15, -0.1) is 0 Å². The Morgan fingerprint density at radius 2 is 1.42 bits per heavy atom. The first kappa shape index (κ1) is 24.1. The second kappa shape index (κ2) is 12.5. The van der Waals surface area contributed by atoms with Gasteiger partial charge in [0, 0.05) is 29.1 Å². The third-order valence-electron chi connectivity index (χ3n) is 5.55. The van der Waals surface area contributed by atoms with Crippen molar-refractivity contribution in [1.82, 2.24) is 0 Å². The lowest BCUT2D eigenvalue weighted by Crippen LogP contribution is -1.95. The van der Waals surface area contributed by atoms with E-state index in [1.807, 2.05) is 42.5 Å². The van der Waals surface area contributed by atoms with E-state index in [-0.39, 0.29) is 5.78 Å². The number of allylic oxidation sites excluding steroid dienone is 1. The van der Waals surface area contributed by atoms with Crippen LogP contribution in [0.2, 0.25) is 0 Å². The Labute approximate surface area is 197 Å². The van der Waals surface area contributed by atoms with Crippen molar-refractivity contribution in [2.45, 2.75) is 51.9 Å². The smallest absolute Gasteiger partial charge is 0.185 e. The number of nitrogen functional groups attached to an aromatic ring is 2. The standard InChI is InChI=1S/C29H34N2O2/c1-2-3-4-5-6-7-8-22-9-14-24(15-10-22)29(32)18-13-23-11-16-27(17-12-23)33-28-20-25(30)19-26(31)21-28/h9-21H,2-8,30-31H2,1H3. The predicted molar refractivity (Wildman–Crippen MR) is 139 cm³/mol. The molecule has 0 radical (unpaired) electrons. The maximum absolute atomic E-state index is 12.5. The minimum Gasteiger partial charge on any atom is -0.457 e. The van der Waals surface area contributed by atoms with Crippen LogP contribution in [-0.4, -0.2) is 5.78 Å². The third kappa shape index (κ3) is 8.15. The predicted octanol–water partition coefficient (Wildman–Crippen LogP) is 7.44. The van der Waals surface area contributed by atoms with E-state index in [2.05, 4.69) is 19.1 Å². The van der Waals surface area contributed by atoms with Gasteiger partial charge in [0.2, 0.25) is 0 Å². The average Bonchev–Trinajstić information content (AvgIpc) is 2.80. The Kier molecular flexibility index (Phi) is 9.13. The normalized spacial score (nSPS) is 11.1. The zero-order valence-electron chi connectivity index (χ0n) is 19.4. The lowest BCUT2D eigenvalue weighted by molar-refractivity contribution is 0.104. The van der Waals surface area contributed by atoms with Gasteiger partial charge >= 0.3 is 0 Å². The van der Waals surface area contributed by atoms with Gasteiger partial charge in [-0.3, -0.25) is 4.79 Å². The van der Waals surface area contributed by atoms with Crippen molar-refractivity contribution >= 4 is 23.2 Å². The summed E-state index contributed by atoms with van der Waals surface area (Å²) in [4.78, 5) is 12.5. The zero-order chi connectivity index (χ0) is 23.5. The van der Waals surface area contributed by atoms with Gasteiger partial charge in [-0.1, -0.05) is 81.5 Å². The molecule has 0 heterocycles. The van der Waals surface area contributed by atoms with Crippen LogP contribution >= 0.6 is 0 Å². The van der Waals surface area contributed by atoms with Crippen LogP contribution in [0.15, 0.2) is 72.8 Å². The molecule has 4 nitrogen and oxygen atoms in total. The largest absolute Gasteiger partial charge is 0.457 e. The topological polar surface area (TPSA) is 78.3 Å². The Morgan fingerprint density at radius 3 is 2.09 bits per heavy atom. The number of anilines is 2. The molecule has 3 aromatic rings. The number of hydrogen-bond donors (Lipinski definition) is 2. The molecule has 0 bridgehead atoms. The van der Waals surface area contributed by atoms with Gasteiger partial charge < -0.3 is 16.2 Å². The van der Waals surface area contributed by atoms with Crippen LogP contribution in [0.5, 0.6) is 11.5 Å². The first-order valence-corrected chi connectivity index (χ1v) is 11.8. The highest BCUT2D eigenvalue weighted by Crippen LogP contribution is 2.26. The van der Waals surface area contributed by atoms with Gasteiger partial charge in [-0.2, -0.15) is 0 Å². The summed E-state index contributed by atoms with van der Waals surface area (Å²) in [6, 6.07) is 20.6. The molecule has 3 rings (SSSR count). The summed E-state index contributed by atoms with van der Waals surface area (Å²) in [5.74, 6) is 1.26. The van der Waals surface area contributed by atoms with Crippen LogP contribution in [-0.2, 0) is 6.42 Å². The van der Waals surface area contributed by atoms with Crippen molar-refractivity contribution in [3.05, 3.63) is 89.5 Å². The molecule has 0 aromatic heterocycles. The molecule has 0 spiro atoms. The fourth-order valence-corrected chi connectivity index (χ4v) is 3.70. The number of carbonyl (C=O) groups is 1. The lowest BCUT2D eigenvalue weighted by Gasteiger charge is -2.08. The van der Waals surface area contributed by atoms with Crippen LogP contribution in [0.3, 0.4) is 0 Å². The summed E-state index contributed by atoms with van der Waals surface area (Å²) in [6.07, 6.45) is 12.3. The molecule has 0 aliphatic rings. The first-order chi connectivity index (χ1) is 16.0. The molecule has 4 heteroatoms. The lowest BCUT2D eigenvalue weighted by atomic mass is 10.0. The van der Waals surface area contributed by atoms with E-state index >= 15 is 0 Å². The van der Waals surface area contributed by atoms with E-state index < -0.39 is 0 Å². The Balaban J connectivity index is 1.49. The number of ether oxygens (including phenoxy) is 1. The molecule has 0 aliphatic carbocycles. The summed E-state index contributed by atoms with van der Waals surface area (Å²) in [6.45, 7) is 2.24. The van der Waals surface area contributed by atoms with E-state index in [1.165, 1.54) is 44.1 Å². The number of carbonyl (C=O) groups excluding carboxylic acids is 1. The van der Waals surface area contributed by atoms with Gasteiger partial charge in [0.25, 0.3) is 0 Å². The van der Waals surface area contributed by atoms with Gasteiger partial charge in [0.05, 0.1) is 0 Å². The van der Waals surface area contributed by atoms with Gasteiger partial charge in [-0.25, -0.2) is 0 Å². The molecule has 4 N–H and O–H groups in total. The van der Waals surface area contributed by atoms with Crippen LogP contribution in [0.4, 0.5) is 11.4 Å². The molecule has 0 amide bonds. The van der Waals surface area contributed by atoms with Crippen molar-refractivity contribution in [2.24, 2.45) is 0 Å². The van der Waals surface area contributed by atoms with E-state index in [0.717, 1.165) is 12.0 Å². The fourth-order valence-electron chi connectivity index (χ4n) is 3.70. The molecule has 0 saturated heterocycles. The molecule has 0 fully saturated rings. The molecule has 0 aliphatic heterocycles. The van der Waals surface area contributed by atoms with E-state index in [0.29, 0.717) is 28.4 Å². The second-order valence-corrected chi connectivity index (χ2v) is 8.42. The van der Waals surface area contributed by atoms with Crippen molar-refractivity contribution in [3.63, 3.8) is 0 Å². The molecular formula is C29H34N2O2. The van der Waals surface area contributed by atoms with E-state index in [1.54, 1.807) is 24.3 Å². The molecule has 0 unspecified atom stereocenters. The second-order valence-electron chi connectivity index (χ2n) is 8.42. The van der Waals surface area contributed by atoms with Crippen molar-refractivity contribution in [2.75, 3.05) is 11.5 Å². The molecule has 0 atom stereocenters. The van der Waals surface area contributed by atoms with E-state index in [9.17, 15) is 4.79 Å². The van der Waals surface area contributed by atoms with Crippen LogP contribution < -0.4 is 16.2 Å². The summed E-state index contributed by atoms with van der Waals surface area (Å²) in [5, 5.41) is 0. The van der Waals surface area contributed by atoms with Crippen molar-refractivity contribution in [3.8, 4) is 11.5 Å². The maximum Gasteiger partial charge on any atom is 0.185 e. The summed E-state index contributed by atoms with van der Waals surface area (Å²) in [7, 11) is 0. The average molecular weight is 443 g/mol. The van der Waals surface area contributed by atoms with Crippen LogP contribution in [0, 0.1) is 0 Å². The number of ketones is 1. The molecule has 33 heavy (non-hydrogen) atoms. The third-order valence-corrected chi connectivity index (χ3v) is 5.55. The Hall–Kier alpha value is -3.53. The van der Waals surface area contributed by atoms with Crippen molar-refractivity contribution in [1.29, 1.82) is 0 Å². The SMILES string of the molecule is CCCCCCCCc1ccc(C(=O)C=Cc2ccc(Oc3cc(N)cc(N)c3)cc2)cc1. The molecule has 3 aromatic carbocycles. The minimum absolute atomic E-state index is 0.00308. The Bertz CT molecular complexity index is 1030. The highest BCUT2D eigenvalue weighted by Gasteiger charge is 2.03. The number of benzene rings is 3. The summed E-state index contributed by atoms with van der Waals surface area (Å²) < 4.78 is 5.80.